The van der Waals surface area contributed by atoms with Crippen molar-refractivity contribution in [1.82, 2.24) is 5.32 Å². The third-order valence-electron chi connectivity index (χ3n) is 3.47. The first-order chi connectivity index (χ1) is 12.2. The van der Waals surface area contributed by atoms with Gasteiger partial charge in [0.25, 0.3) is 5.69 Å². The lowest BCUT2D eigenvalue weighted by Crippen LogP contribution is -2.27. The molecule has 0 aromatic heterocycles. The van der Waals surface area contributed by atoms with Gasteiger partial charge in [-0.15, -0.1) is 0 Å². The highest BCUT2D eigenvalue weighted by Gasteiger charge is 2.12. The predicted molar refractivity (Wildman–Crippen MR) is 95.6 cm³/mol. The van der Waals surface area contributed by atoms with E-state index in [0.29, 0.717) is 11.3 Å². The van der Waals surface area contributed by atoms with Crippen molar-refractivity contribution in [2.75, 3.05) is 17.6 Å². The highest BCUT2D eigenvalue weighted by molar-refractivity contribution is 7.92. The summed E-state index contributed by atoms with van der Waals surface area (Å²) in [5.74, 6) is 0.165. The molecule has 138 valence electrons. The van der Waals surface area contributed by atoms with E-state index in [2.05, 4.69) is 5.32 Å². The number of nitrogens with zero attached hydrogens (tertiary/aromatic N) is 2. The van der Waals surface area contributed by atoms with Gasteiger partial charge in [0.05, 0.1) is 16.9 Å². The van der Waals surface area contributed by atoms with E-state index in [1.54, 1.807) is 24.3 Å². The highest BCUT2D eigenvalue weighted by atomic mass is 32.2. The number of carbonyl (C=O) groups excluding carboxylic acids is 1. The third-order valence-corrected chi connectivity index (χ3v) is 4.67. The fourth-order valence-corrected chi connectivity index (χ4v) is 2.50. The Hall–Kier alpha value is -3.14. The van der Waals surface area contributed by atoms with Crippen molar-refractivity contribution in [3.63, 3.8) is 0 Å². The number of nitrogens with one attached hydrogen (secondary N) is 1. The van der Waals surface area contributed by atoms with Crippen molar-refractivity contribution >= 4 is 27.5 Å². The topological polar surface area (TPSA) is 119 Å². The van der Waals surface area contributed by atoms with Crippen molar-refractivity contribution in [3.8, 4) is 5.75 Å². The fraction of sp³-hybridized carbons (Fsp3) is 0.188. The average molecular weight is 379 g/mol. The van der Waals surface area contributed by atoms with E-state index in [-0.39, 0.29) is 18.0 Å². The first-order valence-electron chi connectivity index (χ1n) is 7.40. The summed E-state index contributed by atoms with van der Waals surface area (Å²) in [5.41, 5.74) is 1.04. The summed E-state index contributed by atoms with van der Waals surface area (Å²) < 4.78 is 29.3. The third kappa shape index (κ3) is 5.18. The van der Waals surface area contributed by atoms with Crippen LogP contribution in [0.5, 0.6) is 5.75 Å². The Morgan fingerprint density at radius 1 is 1.23 bits per heavy atom. The maximum absolute atomic E-state index is 11.8. The zero-order chi connectivity index (χ0) is 19.3. The molecule has 0 spiro atoms. The van der Waals surface area contributed by atoms with Gasteiger partial charge in [-0.3, -0.25) is 14.4 Å². The number of sulfonamides is 1. The smallest absolute Gasteiger partial charge is 0.410 e. The zero-order valence-corrected chi connectivity index (χ0v) is 14.9. The van der Waals surface area contributed by atoms with Crippen molar-refractivity contribution in [1.29, 1.82) is 0 Å². The first kappa shape index (κ1) is 19.2. The molecular formula is C16H17N3O6S. The van der Waals surface area contributed by atoms with Crippen LogP contribution in [-0.4, -0.2) is 32.7 Å². The molecule has 10 heteroatoms. The minimum Gasteiger partial charge on any atom is -0.410 e. The molecule has 0 heterocycles. The molecule has 0 saturated heterocycles. The fourth-order valence-electron chi connectivity index (χ4n) is 2.01. The van der Waals surface area contributed by atoms with Crippen LogP contribution in [0.25, 0.3) is 0 Å². The number of non-ortho nitro benzene ring substituents is 1. The number of hydrogen-bond acceptors (Lipinski definition) is 6. The summed E-state index contributed by atoms with van der Waals surface area (Å²) in [6, 6.07) is 11.8. The van der Waals surface area contributed by atoms with Crippen LogP contribution in [0.4, 0.5) is 16.2 Å². The lowest BCUT2D eigenvalue weighted by atomic mass is 10.2. The van der Waals surface area contributed by atoms with Crippen LogP contribution in [-0.2, 0) is 16.6 Å². The van der Waals surface area contributed by atoms with Gasteiger partial charge in [-0.2, -0.15) is 0 Å². The summed E-state index contributed by atoms with van der Waals surface area (Å²) in [4.78, 5) is 21.8. The van der Waals surface area contributed by atoms with Crippen molar-refractivity contribution < 1.29 is 22.9 Å². The van der Waals surface area contributed by atoms with E-state index < -0.39 is 21.0 Å². The molecule has 2 aromatic carbocycles. The molecule has 2 rings (SSSR count). The molecule has 0 fully saturated rings. The van der Waals surface area contributed by atoms with Gasteiger partial charge in [-0.05, 0) is 29.8 Å². The maximum Gasteiger partial charge on any atom is 0.412 e. The molecule has 26 heavy (non-hydrogen) atoms. The van der Waals surface area contributed by atoms with Gasteiger partial charge in [0, 0.05) is 25.7 Å². The number of carbonyl (C=O) groups is 1. The molecule has 0 bridgehead atoms. The second-order valence-corrected chi connectivity index (χ2v) is 7.41. The number of anilines is 1. The molecule has 0 aliphatic heterocycles. The number of rotatable bonds is 6. The molecule has 0 radical (unpaired) electrons. The van der Waals surface area contributed by atoms with Crippen molar-refractivity contribution in [3.05, 3.63) is 64.2 Å². The summed E-state index contributed by atoms with van der Waals surface area (Å²) in [7, 11) is -1.95. The van der Waals surface area contributed by atoms with Crippen LogP contribution in [0.1, 0.15) is 5.56 Å². The maximum atomic E-state index is 11.8. The Morgan fingerprint density at radius 2 is 1.88 bits per heavy atom. The minimum atomic E-state index is -3.38. The second-order valence-electron chi connectivity index (χ2n) is 5.39. The molecule has 0 aliphatic carbocycles. The molecule has 0 saturated carbocycles. The van der Waals surface area contributed by atoms with Gasteiger partial charge in [0.15, 0.2) is 0 Å². The molecule has 1 amide bonds. The quantitative estimate of drug-likeness (QED) is 0.607. The number of nitro groups is 1. The number of amides is 1. The number of hydrogen-bond donors (Lipinski definition) is 1. The Balaban J connectivity index is 1.96. The molecule has 0 atom stereocenters. The van der Waals surface area contributed by atoms with Crippen molar-refractivity contribution in [2.24, 2.45) is 0 Å². The Kier molecular flexibility index (Phi) is 5.78. The van der Waals surface area contributed by atoms with Crippen LogP contribution in [0.15, 0.2) is 48.5 Å². The monoisotopic (exact) mass is 379 g/mol. The molecule has 1 N–H and O–H groups in total. The van der Waals surface area contributed by atoms with E-state index in [9.17, 15) is 23.3 Å². The van der Waals surface area contributed by atoms with Gasteiger partial charge in [0.1, 0.15) is 5.75 Å². The SMILES string of the molecule is CN(c1cccc(CNC(=O)Oc2ccc([N+](=O)[O-])cc2)c1)S(C)(=O)=O. The largest absolute Gasteiger partial charge is 0.412 e. The summed E-state index contributed by atoms with van der Waals surface area (Å²) in [5, 5.41) is 13.1. The number of benzene rings is 2. The second kappa shape index (κ2) is 7.83. The summed E-state index contributed by atoms with van der Waals surface area (Å²) in [6.07, 6.45) is 0.361. The van der Waals surface area contributed by atoms with Crippen LogP contribution >= 0.6 is 0 Å². The van der Waals surface area contributed by atoms with E-state index in [1.165, 1.54) is 31.3 Å². The van der Waals surface area contributed by atoms with Crippen LogP contribution in [0.3, 0.4) is 0 Å². The zero-order valence-electron chi connectivity index (χ0n) is 14.1. The average Bonchev–Trinajstić information content (AvgIpc) is 2.59. The highest BCUT2D eigenvalue weighted by Crippen LogP contribution is 2.18. The van der Waals surface area contributed by atoms with Gasteiger partial charge in [-0.1, -0.05) is 12.1 Å². The van der Waals surface area contributed by atoms with Gasteiger partial charge < -0.3 is 10.1 Å². The van der Waals surface area contributed by atoms with Gasteiger partial charge >= 0.3 is 6.09 Å². The first-order valence-corrected chi connectivity index (χ1v) is 9.24. The summed E-state index contributed by atoms with van der Waals surface area (Å²) in [6.45, 7) is 0.122. The molecular weight excluding hydrogens is 362 g/mol. The van der Waals surface area contributed by atoms with E-state index in [4.69, 9.17) is 4.74 Å². The van der Waals surface area contributed by atoms with Gasteiger partial charge in [0.2, 0.25) is 10.0 Å². The minimum absolute atomic E-state index is 0.107. The summed E-state index contributed by atoms with van der Waals surface area (Å²) >= 11 is 0. The van der Waals surface area contributed by atoms with Gasteiger partial charge in [-0.25, -0.2) is 13.2 Å². The van der Waals surface area contributed by atoms with Crippen LogP contribution in [0.2, 0.25) is 0 Å². The van der Waals surface area contributed by atoms with Crippen LogP contribution < -0.4 is 14.4 Å². The standard InChI is InChI=1S/C16H17N3O6S/c1-18(26(2,23)24)14-5-3-4-12(10-14)11-17-16(20)25-15-8-6-13(7-9-15)19(21)22/h3-10H,11H2,1-2H3,(H,17,20). The number of ether oxygens (including phenoxy) is 1. The van der Waals surface area contributed by atoms with Crippen molar-refractivity contribution in [2.45, 2.75) is 6.54 Å². The van der Waals surface area contributed by atoms with E-state index in [1.807, 2.05) is 0 Å². The lowest BCUT2D eigenvalue weighted by molar-refractivity contribution is -0.384. The lowest BCUT2D eigenvalue weighted by Gasteiger charge is -2.17. The molecule has 0 unspecified atom stereocenters. The Bertz CT molecular complexity index is 912. The Morgan fingerprint density at radius 3 is 2.46 bits per heavy atom. The normalized spacial score (nSPS) is 10.8. The molecule has 0 aliphatic rings. The van der Waals surface area contributed by atoms with E-state index in [0.717, 1.165) is 10.6 Å². The molecule has 9 nitrogen and oxygen atoms in total. The number of nitro benzene ring substituents is 1. The van der Waals surface area contributed by atoms with Crippen LogP contribution in [0, 0.1) is 10.1 Å². The molecule has 2 aromatic rings. The Labute approximate surface area is 150 Å². The van der Waals surface area contributed by atoms with E-state index >= 15 is 0 Å². The predicted octanol–water partition coefficient (Wildman–Crippen LogP) is 2.28.